The molecule has 0 aliphatic heterocycles. The van der Waals surface area contributed by atoms with Crippen molar-refractivity contribution in [3.05, 3.63) is 48.6 Å². The monoisotopic (exact) mass is 685 g/mol. The Morgan fingerprint density at radius 1 is 0.681 bits per heavy atom. The molecule has 0 saturated heterocycles. The maximum absolute atomic E-state index is 12.5. The molecule has 0 aromatic carbocycles. The van der Waals surface area contributed by atoms with E-state index in [1.807, 2.05) is 36.5 Å². The Hall–Kier alpha value is -2.56. The second-order valence-electron chi connectivity index (χ2n) is 11.4. The maximum atomic E-state index is 12.5. The molecular weight excluding hydrogens is 625 g/mol. The van der Waals surface area contributed by atoms with Gasteiger partial charge in [-0.2, -0.15) is 0 Å². The number of allylic oxidation sites excluding steroid dienone is 8. The topological polar surface area (TPSA) is 172 Å². The fourth-order valence-corrected chi connectivity index (χ4v) is 4.97. The van der Waals surface area contributed by atoms with Crippen molar-refractivity contribution in [3.63, 3.8) is 0 Å². The molecule has 0 amide bonds. The SMILES string of the molecule is CC/C=C/C=C/C=C/C=C/CCCCCC(=O)OC(COC(=O)CCCCCCCCCCCC)COP(=O)(O)OC[C@H](N)C(=O)O. The summed E-state index contributed by atoms with van der Waals surface area (Å²) in [7, 11) is -4.71. The van der Waals surface area contributed by atoms with Crippen molar-refractivity contribution in [2.24, 2.45) is 5.73 Å². The first kappa shape index (κ1) is 44.4. The highest BCUT2D eigenvalue weighted by Crippen LogP contribution is 2.43. The normalized spacial score (nSPS) is 14.6. The van der Waals surface area contributed by atoms with Crippen LogP contribution in [0.25, 0.3) is 0 Å². The van der Waals surface area contributed by atoms with E-state index in [0.29, 0.717) is 12.8 Å². The fourth-order valence-electron chi connectivity index (χ4n) is 4.19. The second-order valence-corrected chi connectivity index (χ2v) is 12.8. The molecule has 0 aromatic heterocycles. The van der Waals surface area contributed by atoms with E-state index in [2.05, 4.69) is 30.5 Å². The van der Waals surface area contributed by atoms with E-state index in [-0.39, 0.29) is 19.4 Å². The lowest BCUT2D eigenvalue weighted by molar-refractivity contribution is -0.161. The van der Waals surface area contributed by atoms with Crippen molar-refractivity contribution in [2.45, 2.75) is 135 Å². The lowest BCUT2D eigenvalue weighted by Crippen LogP contribution is -2.34. The largest absolute Gasteiger partial charge is 0.480 e. The minimum Gasteiger partial charge on any atom is -0.480 e. The summed E-state index contributed by atoms with van der Waals surface area (Å²) in [6.45, 7) is 2.56. The molecule has 4 N–H and O–H groups in total. The smallest absolute Gasteiger partial charge is 0.472 e. The van der Waals surface area contributed by atoms with Crippen LogP contribution in [0.3, 0.4) is 0 Å². The fraction of sp³-hybridized carbons (Fsp3) is 0.686. The molecule has 47 heavy (non-hydrogen) atoms. The lowest BCUT2D eigenvalue weighted by atomic mass is 10.1. The Balaban J connectivity index is 4.59. The minimum absolute atomic E-state index is 0.115. The zero-order chi connectivity index (χ0) is 35.0. The molecule has 0 rings (SSSR count). The van der Waals surface area contributed by atoms with Crippen LogP contribution in [0.5, 0.6) is 0 Å². The lowest BCUT2D eigenvalue weighted by Gasteiger charge is -2.20. The van der Waals surface area contributed by atoms with Crippen molar-refractivity contribution >= 4 is 25.7 Å². The molecule has 0 spiro atoms. The van der Waals surface area contributed by atoms with Gasteiger partial charge in [0, 0.05) is 12.8 Å². The van der Waals surface area contributed by atoms with Gasteiger partial charge in [0.05, 0.1) is 13.2 Å². The third-order valence-electron chi connectivity index (χ3n) is 6.94. The van der Waals surface area contributed by atoms with Gasteiger partial charge in [0.2, 0.25) is 0 Å². The summed E-state index contributed by atoms with van der Waals surface area (Å²) in [5, 5.41) is 8.83. The molecule has 3 atom stereocenters. The van der Waals surface area contributed by atoms with Gasteiger partial charge >= 0.3 is 25.7 Å². The van der Waals surface area contributed by atoms with E-state index in [1.54, 1.807) is 0 Å². The second kappa shape index (κ2) is 30.8. The van der Waals surface area contributed by atoms with Gasteiger partial charge in [-0.3, -0.25) is 23.4 Å². The Kier molecular flexibility index (Phi) is 29.1. The molecule has 0 aromatic rings. The zero-order valence-electron chi connectivity index (χ0n) is 28.6. The highest BCUT2D eigenvalue weighted by Gasteiger charge is 2.28. The summed E-state index contributed by atoms with van der Waals surface area (Å²) in [6, 6.07) is -1.53. The average Bonchev–Trinajstić information content (AvgIpc) is 3.04. The first-order valence-corrected chi connectivity index (χ1v) is 18.7. The summed E-state index contributed by atoms with van der Waals surface area (Å²) < 4.78 is 32.4. The summed E-state index contributed by atoms with van der Waals surface area (Å²) in [6.07, 6.45) is 30.6. The van der Waals surface area contributed by atoms with Crippen LogP contribution in [0.4, 0.5) is 0 Å². The number of carbonyl (C=O) groups excluding carboxylic acids is 2. The number of aliphatic carboxylic acids is 1. The first-order valence-electron chi connectivity index (χ1n) is 17.2. The Morgan fingerprint density at radius 2 is 1.19 bits per heavy atom. The predicted molar refractivity (Wildman–Crippen MR) is 185 cm³/mol. The molecule has 0 fully saturated rings. The maximum Gasteiger partial charge on any atom is 0.472 e. The van der Waals surface area contributed by atoms with Gasteiger partial charge < -0.3 is 25.2 Å². The van der Waals surface area contributed by atoms with Crippen molar-refractivity contribution in [1.29, 1.82) is 0 Å². The van der Waals surface area contributed by atoms with Gasteiger partial charge in [-0.1, -0.05) is 127 Å². The quantitative estimate of drug-likeness (QED) is 0.0280. The molecule has 0 radical (unpaired) electrons. The van der Waals surface area contributed by atoms with Crippen LogP contribution in [0.2, 0.25) is 0 Å². The van der Waals surface area contributed by atoms with Crippen LogP contribution in [0.1, 0.15) is 123 Å². The van der Waals surface area contributed by atoms with Crippen LogP contribution in [-0.2, 0) is 37.5 Å². The first-order chi connectivity index (χ1) is 22.6. The number of nitrogens with two attached hydrogens (primary N) is 1. The highest BCUT2D eigenvalue weighted by atomic mass is 31.2. The van der Waals surface area contributed by atoms with Crippen LogP contribution < -0.4 is 5.73 Å². The number of hydrogen-bond donors (Lipinski definition) is 3. The number of ether oxygens (including phenoxy) is 2. The number of carboxylic acids is 1. The average molecular weight is 686 g/mol. The summed E-state index contributed by atoms with van der Waals surface area (Å²) in [4.78, 5) is 45.5. The summed E-state index contributed by atoms with van der Waals surface area (Å²) in [5.41, 5.74) is 5.30. The van der Waals surface area contributed by atoms with Crippen molar-refractivity contribution < 1.29 is 47.5 Å². The summed E-state index contributed by atoms with van der Waals surface area (Å²) >= 11 is 0. The van der Waals surface area contributed by atoms with Crippen LogP contribution in [0.15, 0.2) is 48.6 Å². The van der Waals surface area contributed by atoms with E-state index in [1.165, 1.54) is 38.5 Å². The van der Waals surface area contributed by atoms with Gasteiger partial charge in [-0.15, -0.1) is 0 Å². The van der Waals surface area contributed by atoms with E-state index < -0.39 is 51.1 Å². The molecule has 12 heteroatoms. The molecule has 0 bridgehead atoms. The molecule has 0 heterocycles. The van der Waals surface area contributed by atoms with Gasteiger partial charge in [-0.25, -0.2) is 4.57 Å². The highest BCUT2D eigenvalue weighted by molar-refractivity contribution is 7.47. The van der Waals surface area contributed by atoms with Gasteiger partial charge in [0.25, 0.3) is 0 Å². The van der Waals surface area contributed by atoms with E-state index >= 15 is 0 Å². The van der Waals surface area contributed by atoms with E-state index in [9.17, 15) is 23.8 Å². The van der Waals surface area contributed by atoms with Gasteiger partial charge in [-0.05, 0) is 32.1 Å². The number of carboxylic acid groups (broad SMARTS) is 1. The minimum atomic E-state index is -4.71. The number of unbranched alkanes of at least 4 members (excludes halogenated alkanes) is 12. The molecule has 0 aliphatic rings. The standard InChI is InChI=1S/C35H60NO10P/c1-3-5-7-9-11-13-15-16-17-19-21-23-25-27-34(38)46-31(29-44-47(41,42)45-30-32(36)35(39)40)28-43-33(37)26-24-22-20-18-14-12-10-8-6-4-2/h5,7,9,11,13,15-17,31-32H,3-4,6,8,10,12,14,18-30,36H2,1-2H3,(H,39,40)(H,41,42)/b7-5+,11-9+,15-13+,17-16+/t31?,32-/m0/s1. The Morgan fingerprint density at radius 3 is 1.79 bits per heavy atom. The number of phosphoric ester groups is 1. The number of carbonyl (C=O) groups is 3. The van der Waals surface area contributed by atoms with Crippen LogP contribution in [0, 0.1) is 0 Å². The van der Waals surface area contributed by atoms with Crippen molar-refractivity contribution in [1.82, 2.24) is 0 Å². The predicted octanol–water partition coefficient (Wildman–Crippen LogP) is 7.88. The van der Waals surface area contributed by atoms with Crippen LogP contribution >= 0.6 is 7.82 Å². The third-order valence-corrected chi connectivity index (χ3v) is 7.89. The molecule has 11 nitrogen and oxygen atoms in total. The molecule has 270 valence electrons. The molecular formula is C35H60NO10P. The molecule has 0 saturated carbocycles. The Labute approximate surface area is 282 Å². The molecule has 0 aliphatic carbocycles. The van der Waals surface area contributed by atoms with Gasteiger partial charge in [0.1, 0.15) is 12.6 Å². The summed E-state index contributed by atoms with van der Waals surface area (Å²) in [5.74, 6) is -2.44. The van der Waals surface area contributed by atoms with Gasteiger partial charge in [0.15, 0.2) is 6.10 Å². The van der Waals surface area contributed by atoms with E-state index in [4.69, 9.17) is 24.8 Å². The van der Waals surface area contributed by atoms with Crippen molar-refractivity contribution in [2.75, 3.05) is 19.8 Å². The third kappa shape index (κ3) is 30.5. The molecule has 2 unspecified atom stereocenters. The zero-order valence-corrected chi connectivity index (χ0v) is 29.5. The number of esters is 2. The number of hydrogen-bond acceptors (Lipinski definition) is 9. The van der Waals surface area contributed by atoms with Crippen molar-refractivity contribution in [3.8, 4) is 0 Å². The van der Waals surface area contributed by atoms with Crippen LogP contribution in [-0.4, -0.2) is 59.9 Å². The van der Waals surface area contributed by atoms with E-state index in [0.717, 1.165) is 44.9 Å². The number of phosphoric acid groups is 1. The number of rotatable bonds is 31. The Bertz CT molecular complexity index is 995.